The van der Waals surface area contributed by atoms with E-state index in [-0.39, 0.29) is 11.4 Å². The van der Waals surface area contributed by atoms with Gasteiger partial charge in [-0.25, -0.2) is 4.39 Å². The molecule has 0 aliphatic carbocycles. The first-order valence-corrected chi connectivity index (χ1v) is 7.30. The number of carbonyl (C=O) groups excluding carboxylic acids is 1. The molecule has 0 saturated carbocycles. The Morgan fingerprint density at radius 3 is 2.79 bits per heavy atom. The fourth-order valence-electron chi connectivity index (χ4n) is 2.03. The molecule has 1 saturated heterocycles. The van der Waals surface area contributed by atoms with E-state index in [9.17, 15) is 9.18 Å². The van der Waals surface area contributed by atoms with Gasteiger partial charge in [-0.15, -0.1) is 11.6 Å². The lowest BCUT2D eigenvalue weighted by Crippen LogP contribution is -2.53. The van der Waals surface area contributed by atoms with Crippen LogP contribution in [0.5, 0.6) is 0 Å². The van der Waals surface area contributed by atoms with E-state index in [0.717, 1.165) is 0 Å². The smallest absolute Gasteiger partial charge is 0.254 e. The first kappa shape index (κ1) is 14.8. The third-order valence-corrected chi connectivity index (χ3v) is 4.26. The predicted octanol–water partition coefficient (Wildman–Crippen LogP) is 3.11. The molecule has 1 aliphatic heterocycles. The maximum atomic E-state index is 13.7. The normalized spacial score (nSPS) is 18.1. The molecular weight excluding hydrogens is 337 g/mol. The molecule has 0 unspecified atom stereocenters. The van der Waals surface area contributed by atoms with Crippen molar-refractivity contribution in [1.82, 2.24) is 5.32 Å². The molecule has 0 bridgehead atoms. The van der Waals surface area contributed by atoms with Crippen molar-refractivity contribution in [3.8, 4) is 0 Å². The van der Waals surface area contributed by atoms with Crippen molar-refractivity contribution in [3.05, 3.63) is 34.1 Å². The second-order valence-electron chi connectivity index (χ2n) is 4.60. The first-order valence-electron chi connectivity index (χ1n) is 5.98. The summed E-state index contributed by atoms with van der Waals surface area (Å²) in [5, 5.41) is 2.85. The summed E-state index contributed by atoms with van der Waals surface area (Å²) in [4.78, 5) is 12.2. The van der Waals surface area contributed by atoms with E-state index < -0.39 is 17.3 Å². The van der Waals surface area contributed by atoms with Crippen molar-refractivity contribution in [2.45, 2.75) is 18.4 Å². The summed E-state index contributed by atoms with van der Waals surface area (Å²) in [7, 11) is 0. The lowest BCUT2D eigenvalue weighted by molar-refractivity contribution is 0.0432. The molecule has 1 fully saturated rings. The van der Waals surface area contributed by atoms with Crippen molar-refractivity contribution in [2.75, 3.05) is 19.1 Å². The molecule has 1 heterocycles. The molecule has 0 spiro atoms. The lowest BCUT2D eigenvalue weighted by Gasteiger charge is -2.36. The Bertz CT molecular complexity index is 478. The summed E-state index contributed by atoms with van der Waals surface area (Å²) < 4.78 is 19.6. The molecule has 1 aliphatic rings. The van der Waals surface area contributed by atoms with Gasteiger partial charge in [-0.05, 0) is 31.0 Å². The SMILES string of the molecule is O=C(NC1(CCl)CCOCC1)c1cc(Br)ccc1F. The zero-order valence-corrected chi connectivity index (χ0v) is 12.6. The van der Waals surface area contributed by atoms with Gasteiger partial charge in [0.2, 0.25) is 0 Å². The van der Waals surface area contributed by atoms with E-state index in [2.05, 4.69) is 21.2 Å². The number of amides is 1. The summed E-state index contributed by atoms with van der Waals surface area (Å²) in [6.07, 6.45) is 1.27. The van der Waals surface area contributed by atoms with Crippen LogP contribution in [0.3, 0.4) is 0 Å². The summed E-state index contributed by atoms with van der Waals surface area (Å²) in [6.45, 7) is 1.10. The zero-order valence-electron chi connectivity index (χ0n) is 10.2. The van der Waals surface area contributed by atoms with Gasteiger partial charge in [-0.3, -0.25) is 4.79 Å². The Kier molecular flexibility index (Phi) is 4.81. The van der Waals surface area contributed by atoms with Crippen LogP contribution in [0, 0.1) is 5.82 Å². The van der Waals surface area contributed by atoms with Gasteiger partial charge in [0.25, 0.3) is 5.91 Å². The standard InChI is InChI=1S/C13H14BrClFNO2/c14-9-1-2-11(16)10(7-9)12(18)17-13(8-15)3-5-19-6-4-13/h1-2,7H,3-6,8H2,(H,17,18). The molecule has 3 nitrogen and oxygen atoms in total. The highest BCUT2D eigenvalue weighted by atomic mass is 79.9. The second-order valence-corrected chi connectivity index (χ2v) is 5.79. The van der Waals surface area contributed by atoms with Gasteiger partial charge in [0.15, 0.2) is 0 Å². The number of benzene rings is 1. The molecule has 1 aromatic carbocycles. The topological polar surface area (TPSA) is 38.3 Å². The Hall–Kier alpha value is -0.650. The number of alkyl halides is 1. The average molecular weight is 351 g/mol. The van der Waals surface area contributed by atoms with Gasteiger partial charge >= 0.3 is 0 Å². The summed E-state index contributed by atoms with van der Waals surface area (Å²) >= 11 is 9.19. The molecule has 104 valence electrons. The van der Waals surface area contributed by atoms with Crippen LogP contribution in [0.15, 0.2) is 22.7 Å². The zero-order chi connectivity index (χ0) is 13.9. The minimum atomic E-state index is -0.544. The number of ether oxygens (including phenoxy) is 1. The van der Waals surface area contributed by atoms with Crippen molar-refractivity contribution in [3.63, 3.8) is 0 Å². The molecule has 1 aromatic rings. The summed E-state index contributed by atoms with van der Waals surface area (Å²) in [5.41, 5.74) is -0.489. The highest BCUT2D eigenvalue weighted by Crippen LogP contribution is 2.24. The van der Waals surface area contributed by atoms with Crippen molar-refractivity contribution >= 4 is 33.4 Å². The number of carbonyl (C=O) groups is 1. The van der Waals surface area contributed by atoms with Crippen LogP contribution < -0.4 is 5.32 Å². The maximum Gasteiger partial charge on any atom is 0.254 e. The molecular formula is C13H14BrClFNO2. The molecule has 0 atom stereocenters. The van der Waals surface area contributed by atoms with Crippen LogP contribution in [0.25, 0.3) is 0 Å². The maximum absolute atomic E-state index is 13.7. The third kappa shape index (κ3) is 3.46. The average Bonchev–Trinajstić information content (AvgIpc) is 2.42. The third-order valence-electron chi connectivity index (χ3n) is 3.26. The van der Waals surface area contributed by atoms with Gasteiger partial charge < -0.3 is 10.1 Å². The molecule has 1 N–H and O–H groups in total. The van der Waals surface area contributed by atoms with Gasteiger partial charge in [0.1, 0.15) is 5.82 Å². The van der Waals surface area contributed by atoms with Crippen molar-refractivity contribution < 1.29 is 13.9 Å². The molecule has 1 amide bonds. The Morgan fingerprint density at radius 1 is 1.47 bits per heavy atom. The molecule has 6 heteroatoms. The number of hydrogen-bond acceptors (Lipinski definition) is 2. The Morgan fingerprint density at radius 2 is 2.16 bits per heavy atom. The van der Waals surface area contributed by atoms with Crippen LogP contribution in [-0.4, -0.2) is 30.5 Å². The van der Waals surface area contributed by atoms with Gasteiger partial charge in [0, 0.05) is 23.6 Å². The van der Waals surface area contributed by atoms with Crippen molar-refractivity contribution in [2.24, 2.45) is 0 Å². The first-order chi connectivity index (χ1) is 9.06. The number of hydrogen-bond donors (Lipinski definition) is 1. The fourth-order valence-corrected chi connectivity index (χ4v) is 2.73. The van der Waals surface area contributed by atoms with E-state index in [4.69, 9.17) is 16.3 Å². The van der Waals surface area contributed by atoms with Gasteiger partial charge in [-0.1, -0.05) is 15.9 Å². The monoisotopic (exact) mass is 349 g/mol. The molecule has 19 heavy (non-hydrogen) atoms. The van der Waals surface area contributed by atoms with Crippen LogP contribution in [0.1, 0.15) is 23.2 Å². The highest BCUT2D eigenvalue weighted by molar-refractivity contribution is 9.10. The van der Waals surface area contributed by atoms with Crippen LogP contribution >= 0.6 is 27.5 Å². The number of halogens is 3. The second kappa shape index (κ2) is 6.20. The van der Waals surface area contributed by atoms with Crippen LogP contribution in [0.2, 0.25) is 0 Å². The lowest BCUT2D eigenvalue weighted by atomic mass is 9.92. The van der Waals surface area contributed by atoms with E-state index in [0.29, 0.717) is 30.5 Å². The Balaban J connectivity index is 2.17. The van der Waals surface area contributed by atoms with E-state index >= 15 is 0 Å². The van der Waals surface area contributed by atoms with Crippen LogP contribution in [0.4, 0.5) is 4.39 Å². The minimum Gasteiger partial charge on any atom is -0.381 e. The number of nitrogens with one attached hydrogen (secondary N) is 1. The summed E-state index contributed by atoms with van der Waals surface area (Å²) in [5.74, 6) is -0.698. The predicted molar refractivity (Wildman–Crippen MR) is 75.1 cm³/mol. The van der Waals surface area contributed by atoms with Crippen molar-refractivity contribution in [1.29, 1.82) is 0 Å². The minimum absolute atomic E-state index is 0.0189. The molecule has 2 rings (SSSR count). The largest absolute Gasteiger partial charge is 0.381 e. The van der Waals surface area contributed by atoms with Gasteiger partial charge in [-0.2, -0.15) is 0 Å². The highest BCUT2D eigenvalue weighted by Gasteiger charge is 2.34. The van der Waals surface area contributed by atoms with Gasteiger partial charge in [0.05, 0.1) is 11.1 Å². The summed E-state index contributed by atoms with van der Waals surface area (Å²) in [6, 6.07) is 4.28. The number of rotatable bonds is 3. The van der Waals surface area contributed by atoms with Crippen LogP contribution in [-0.2, 0) is 4.74 Å². The Labute approximate surface area is 124 Å². The molecule has 0 aromatic heterocycles. The van der Waals surface area contributed by atoms with E-state index in [1.165, 1.54) is 12.1 Å². The van der Waals surface area contributed by atoms with E-state index in [1.54, 1.807) is 6.07 Å². The molecule has 0 radical (unpaired) electrons. The quantitative estimate of drug-likeness (QED) is 0.851. The van der Waals surface area contributed by atoms with E-state index in [1.807, 2.05) is 0 Å². The fraction of sp³-hybridized carbons (Fsp3) is 0.462.